The lowest BCUT2D eigenvalue weighted by Gasteiger charge is -2.03. The van der Waals surface area contributed by atoms with Crippen LogP contribution >= 0.6 is 0 Å². The zero-order chi connectivity index (χ0) is 16.4. The van der Waals surface area contributed by atoms with Gasteiger partial charge < -0.3 is 14.5 Å². The molecule has 0 atom stereocenters. The third kappa shape index (κ3) is 2.94. The number of benzene rings is 2. The van der Waals surface area contributed by atoms with Gasteiger partial charge in [0.1, 0.15) is 0 Å². The van der Waals surface area contributed by atoms with Gasteiger partial charge in [0.15, 0.2) is 22.9 Å². The lowest BCUT2D eigenvalue weighted by Crippen LogP contribution is -2.10. The fourth-order valence-corrected chi connectivity index (χ4v) is 2.29. The fraction of sp³-hybridized carbons (Fsp3) is 0.111. The first-order chi connectivity index (χ1) is 11.1. The van der Waals surface area contributed by atoms with Gasteiger partial charge in [-0.2, -0.15) is 0 Å². The lowest BCUT2D eigenvalue weighted by atomic mass is 10.1. The summed E-state index contributed by atoms with van der Waals surface area (Å²) in [6, 6.07) is 13.8. The Hall–Kier alpha value is -3.08. The van der Waals surface area contributed by atoms with Crippen LogP contribution < -0.4 is 10.1 Å². The number of hydrogen-bond donors (Lipinski definition) is 1. The number of ether oxygens (including phenoxy) is 1. The van der Waals surface area contributed by atoms with E-state index in [2.05, 4.69) is 5.32 Å². The summed E-state index contributed by atoms with van der Waals surface area (Å²) in [5.74, 6) is 0.388. The molecule has 0 aliphatic carbocycles. The zero-order valence-corrected chi connectivity index (χ0v) is 12.8. The van der Waals surface area contributed by atoms with Crippen molar-refractivity contribution in [3.05, 3.63) is 59.9 Å². The van der Waals surface area contributed by atoms with E-state index in [9.17, 15) is 9.59 Å². The van der Waals surface area contributed by atoms with Crippen LogP contribution in [0.4, 0.5) is 5.69 Å². The van der Waals surface area contributed by atoms with E-state index in [1.54, 1.807) is 43.5 Å². The molecule has 3 aromatic rings. The maximum absolute atomic E-state index is 12.3. The van der Waals surface area contributed by atoms with Crippen molar-refractivity contribution in [1.29, 1.82) is 0 Å². The maximum atomic E-state index is 12.3. The van der Waals surface area contributed by atoms with Crippen LogP contribution in [0.3, 0.4) is 0 Å². The first kappa shape index (κ1) is 14.8. The number of para-hydroxylation sites is 1. The summed E-state index contributed by atoms with van der Waals surface area (Å²) in [5, 5.41) is 3.53. The second kappa shape index (κ2) is 5.96. The van der Waals surface area contributed by atoms with Crippen molar-refractivity contribution < 1.29 is 18.7 Å². The Bertz CT molecular complexity index is 878. The molecular weight excluding hydrogens is 294 g/mol. The molecule has 1 aromatic heterocycles. The number of rotatable bonds is 4. The maximum Gasteiger partial charge on any atom is 0.291 e. The molecule has 1 amide bonds. The molecule has 0 fully saturated rings. The first-order valence-corrected chi connectivity index (χ1v) is 7.07. The highest BCUT2D eigenvalue weighted by Crippen LogP contribution is 2.28. The Morgan fingerprint density at radius 3 is 2.48 bits per heavy atom. The van der Waals surface area contributed by atoms with Gasteiger partial charge in [-0.05, 0) is 43.3 Å². The average molecular weight is 309 g/mol. The minimum absolute atomic E-state index is 0.0211. The Balaban J connectivity index is 1.84. The number of Topliss-reactive ketones (excluding diaryl/α,β-unsaturated/α-hetero) is 1. The normalized spacial score (nSPS) is 10.5. The number of carbonyl (C=O) groups excluding carboxylic acids is 2. The molecule has 1 heterocycles. The van der Waals surface area contributed by atoms with Gasteiger partial charge in [0.2, 0.25) is 0 Å². The van der Waals surface area contributed by atoms with Crippen LogP contribution in [0, 0.1) is 0 Å². The summed E-state index contributed by atoms with van der Waals surface area (Å²) in [4.78, 5) is 23.5. The number of furan rings is 1. The third-order valence-electron chi connectivity index (χ3n) is 3.50. The molecule has 0 saturated heterocycles. The van der Waals surface area contributed by atoms with E-state index in [1.165, 1.54) is 6.92 Å². The third-order valence-corrected chi connectivity index (χ3v) is 3.50. The Morgan fingerprint density at radius 1 is 1.09 bits per heavy atom. The second-order valence-electron chi connectivity index (χ2n) is 5.08. The van der Waals surface area contributed by atoms with Gasteiger partial charge >= 0.3 is 0 Å². The summed E-state index contributed by atoms with van der Waals surface area (Å²) in [5.41, 5.74) is 1.72. The number of amides is 1. The first-order valence-electron chi connectivity index (χ1n) is 7.07. The van der Waals surface area contributed by atoms with Crippen LogP contribution in [0.2, 0.25) is 0 Å². The van der Waals surface area contributed by atoms with Crippen molar-refractivity contribution in [2.24, 2.45) is 0 Å². The predicted molar refractivity (Wildman–Crippen MR) is 87.2 cm³/mol. The van der Waals surface area contributed by atoms with E-state index >= 15 is 0 Å². The van der Waals surface area contributed by atoms with Crippen molar-refractivity contribution in [2.75, 3.05) is 12.4 Å². The Labute approximate surface area is 132 Å². The lowest BCUT2D eigenvalue weighted by molar-refractivity contribution is 0.0996. The van der Waals surface area contributed by atoms with Gasteiger partial charge in [-0.3, -0.25) is 9.59 Å². The summed E-state index contributed by atoms with van der Waals surface area (Å²) in [6.07, 6.45) is 0. The standard InChI is InChI=1S/C18H15NO4/c1-11(20)12-6-8-14(9-7-12)19-18(21)16-10-13-4-3-5-15(22-2)17(13)23-16/h3-10H,1-2H3,(H,19,21). The molecule has 5 heteroatoms. The average Bonchev–Trinajstić information content (AvgIpc) is 2.99. The molecule has 1 N–H and O–H groups in total. The summed E-state index contributed by atoms with van der Waals surface area (Å²) in [6.45, 7) is 1.50. The van der Waals surface area contributed by atoms with E-state index in [4.69, 9.17) is 9.15 Å². The molecule has 2 aromatic carbocycles. The van der Waals surface area contributed by atoms with E-state index in [-0.39, 0.29) is 17.5 Å². The minimum Gasteiger partial charge on any atom is -0.493 e. The minimum atomic E-state index is -0.362. The van der Waals surface area contributed by atoms with Crippen molar-refractivity contribution in [2.45, 2.75) is 6.92 Å². The summed E-state index contributed by atoms with van der Waals surface area (Å²) < 4.78 is 10.8. The molecule has 3 rings (SSSR count). The highest BCUT2D eigenvalue weighted by molar-refractivity contribution is 6.05. The van der Waals surface area contributed by atoms with Gasteiger partial charge in [-0.25, -0.2) is 0 Å². The number of anilines is 1. The number of nitrogens with one attached hydrogen (secondary N) is 1. The largest absolute Gasteiger partial charge is 0.493 e. The van der Waals surface area contributed by atoms with Crippen LogP contribution in [-0.4, -0.2) is 18.8 Å². The van der Waals surface area contributed by atoms with Crippen molar-refractivity contribution in [3.63, 3.8) is 0 Å². The predicted octanol–water partition coefficient (Wildman–Crippen LogP) is 3.90. The van der Waals surface area contributed by atoms with Gasteiger partial charge in [-0.1, -0.05) is 12.1 Å². The van der Waals surface area contributed by atoms with Crippen LogP contribution in [0.1, 0.15) is 27.8 Å². The fourth-order valence-electron chi connectivity index (χ4n) is 2.29. The van der Waals surface area contributed by atoms with E-state index in [0.29, 0.717) is 22.6 Å². The molecule has 116 valence electrons. The van der Waals surface area contributed by atoms with E-state index < -0.39 is 0 Å². The quantitative estimate of drug-likeness (QED) is 0.742. The molecule has 0 unspecified atom stereocenters. The van der Waals surface area contributed by atoms with Gasteiger partial charge in [0.25, 0.3) is 5.91 Å². The Morgan fingerprint density at radius 2 is 1.83 bits per heavy atom. The highest BCUT2D eigenvalue weighted by Gasteiger charge is 2.15. The van der Waals surface area contributed by atoms with Crippen LogP contribution in [-0.2, 0) is 0 Å². The van der Waals surface area contributed by atoms with Crippen molar-refractivity contribution >= 4 is 28.3 Å². The number of hydrogen-bond acceptors (Lipinski definition) is 4. The van der Waals surface area contributed by atoms with Gasteiger partial charge in [0, 0.05) is 16.6 Å². The van der Waals surface area contributed by atoms with Gasteiger partial charge in [-0.15, -0.1) is 0 Å². The molecule has 0 spiro atoms. The smallest absolute Gasteiger partial charge is 0.291 e. The molecule has 0 aliphatic heterocycles. The zero-order valence-electron chi connectivity index (χ0n) is 12.8. The van der Waals surface area contributed by atoms with Crippen LogP contribution in [0.5, 0.6) is 5.75 Å². The number of ketones is 1. The summed E-state index contributed by atoms with van der Waals surface area (Å²) >= 11 is 0. The monoisotopic (exact) mass is 309 g/mol. The molecule has 23 heavy (non-hydrogen) atoms. The molecule has 0 radical (unpaired) electrons. The molecular formula is C18H15NO4. The molecule has 0 saturated carbocycles. The number of fused-ring (bicyclic) bond motifs is 1. The Kier molecular flexibility index (Phi) is 3.85. The molecule has 0 aliphatic rings. The summed E-state index contributed by atoms with van der Waals surface area (Å²) in [7, 11) is 1.55. The van der Waals surface area contributed by atoms with Crippen LogP contribution in [0.15, 0.2) is 52.9 Å². The van der Waals surface area contributed by atoms with E-state index in [1.807, 2.05) is 12.1 Å². The van der Waals surface area contributed by atoms with E-state index in [0.717, 1.165) is 5.39 Å². The number of methoxy groups -OCH3 is 1. The molecule has 5 nitrogen and oxygen atoms in total. The van der Waals surface area contributed by atoms with Crippen LogP contribution in [0.25, 0.3) is 11.0 Å². The second-order valence-corrected chi connectivity index (χ2v) is 5.08. The number of carbonyl (C=O) groups is 2. The van der Waals surface area contributed by atoms with Gasteiger partial charge in [0.05, 0.1) is 7.11 Å². The highest BCUT2D eigenvalue weighted by atomic mass is 16.5. The topological polar surface area (TPSA) is 68.5 Å². The molecule has 0 bridgehead atoms. The van der Waals surface area contributed by atoms with Crippen molar-refractivity contribution in [1.82, 2.24) is 0 Å². The SMILES string of the molecule is COc1cccc2cc(C(=O)Nc3ccc(C(C)=O)cc3)oc12. The van der Waals surface area contributed by atoms with Crippen molar-refractivity contribution in [3.8, 4) is 5.75 Å².